The number of amides is 1. The summed E-state index contributed by atoms with van der Waals surface area (Å²) in [7, 11) is 0. The average Bonchev–Trinajstić information content (AvgIpc) is 2.49. The van der Waals surface area contributed by atoms with Gasteiger partial charge >= 0.3 is 0 Å². The standard InChI is InChI=1S/C16H16BrClN2O/c17-14-9-13(5-6-15(14)18)16(21)20-10-12-3-1-11(2-4-12)7-8-19/h1-6,9H,7-8,10,19H2,(H,20,21). The highest BCUT2D eigenvalue weighted by Gasteiger charge is 2.07. The van der Waals surface area contributed by atoms with Gasteiger partial charge < -0.3 is 11.1 Å². The molecule has 0 unspecified atom stereocenters. The van der Waals surface area contributed by atoms with Crippen molar-refractivity contribution in [2.24, 2.45) is 5.73 Å². The number of carbonyl (C=O) groups excluding carboxylic acids is 1. The van der Waals surface area contributed by atoms with E-state index in [0.29, 0.717) is 28.1 Å². The highest BCUT2D eigenvalue weighted by atomic mass is 79.9. The van der Waals surface area contributed by atoms with Crippen molar-refractivity contribution in [3.05, 3.63) is 68.7 Å². The van der Waals surface area contributed by atoms with E-state index in [2.05, 4.69) is 21.2 Å². The van der Waals surface area contributed by atoms with Gasteiger partial charge in [-0.1, -0.05) is 35.9 Å². The van der Waals surface area contributed by atoms with Gasteiger partial charge in [-0.3, -0.25) is 4.79 Å². The van der Waals surface area contributed by atoms with Crippen LogP contribution in [0.15, 0.2) is 46.9 Å². The summed E-state index contributed by atoms with van der Waals surface area (Å²) in [5.41, 5.74) is 8.34. The molecule has 2 rings (SSSR count). The van der Waals surface area contributed by atoms with E-state index in [-0.39, 0.29) is 5.91 Å². The van der Waals surface area contributed by atoms with Gasteiger partial charge in [0.05, 0.1) is 5.02 Å². The first-order chi connectivity index (χ1) is 10.1. The van der Waals surface area contributed by atoms with Crippen LogP contribution in [0.2, 0.25) is 5.02 Å². The van der Waals surface area contributed by atoms with Gasteiger partial charge in [0, 0.05) is 16.6 Å². The average molecular weight is 368 g/mol. The zero-order valence-corrected chi connectivity index (χ0v) is 13.7. The second kappa shape index (κ2) is 7.59. The summed E-state index contributed by atoms with van der Waals surface area (Å²) in [5.74, 6) is -0.126. The van der Waals surface area contributed by atoms with Crippen molar-refractivity contribution < 1.29 is 4.79 Å². The lowest BCUT2D eigenvalue weighted by molar-refractivity contribution is 0.0951. The molecule has 21 heavy (non-hydrogen) atoms. The summed E-state index contributed by atoms with van der Waals surface area (Å²) in [6.07, 6.45) is 0.867. The molecule has 3 N–H and O–H groups in total. The van der Waals surface area contributed by atoms with Crippen molar-refractivity contribution in [2.75, 3.05) is 6.54 Å². The number of rotatable bonds is 5. The lowest BCUT2D eigenvalue weighted by Crippen LogP contribution is -2.22. The summed E-state index contributed by atoms with van der Waals surface area (Å²) in [6, 6.07) is 13.2. The minimum atomic E-state index is -0.126. The molecule has 0 aromatic heterocycles. The number of hydrogen-bond acceptors (Lipinski definition) is 2. The van der Waals surface area contributed by atoms with Gasteiger partial charge in [-0.05, 0) is 58.2 Å². The lowest BCUT2D eigenvalue weighted by atomic mass is 10.1. The molecule has 0 aliphatic heterocycles. The molecule has 5 heteroatoms. The fourth-order valence-electron chi connectivity index (χ4n) is 1.91. The normalized spacial score (nSPS) is 10.4. The first-order valence-corrected chi connectivity index (χ1v) is 7.78. The van der Waals surface area contributed by atoms with Crippen LogP contribution < -0.4 is 11.1 Å². The minimum absolute atomic E-state index is 0.126. The number of benzene rings is 2. The Morgan fingerprint density at radius 2 is 1.81 bits per heavy atom. The SMILES string of the molecule is NCCc1ccc(CNC(=O)c2ccc(Cl)c(Br)c2)cc1. The van der Waals surface area contributed by atoms with E-state index in [0.717, 1.165) is 12.0 Å². The fraction of sp³-hybridized carbons (Fsp3) is 0.188. The van der Waals surface area contributed by atoms with E-state index in [1.807, 2.05) is 24.3 Å². The molecule has 1 amide bonds. The quantitative estimate of drug-likeness (QED) is 0.849. The van der Waals surface area contributed by atoms with Crippen LogP contribution in [0.3, 0.4) is 0 Å². The highest BCUT2D eigenvalue weighted by Crippen LogP contribution is 2.23. The lowest BCUT2D eigenvalue weighted by Gasteiger charge is -2.07. The molecule has 2 aromatic rings. The van der Waals surface area contributed by atoms with Gasteiger partial charge in [-0.25, -0.2) is 0 Å². The Balaban J connectivity index is 1.95. The molecule has 0 aliphatic rings. The van der Waals surface area contributed by atoms with E-state index in [4.69, 9.17) is 17.3 Å². The van der Waals surface area contributed by atoms with Gasteiger partial charge in [0.1, 0.15) is 0 Å². The number of halogens is 2. The topological polar surface area (TPSA) is 55.1 Å². The van der Waals surface area contributed by atoms with Crippen LogP contribution in [-0.2, 0) is 13.0 Å². The summed E-state index contributed by atoms with van der Waals surface area (Å²) < 4.78 is 0.711. The summed E-state index contributed by atoms with van der Waals surface area (Å²) in [5, 5.41) is 3.47. The van der Waals surface area contributed by atoms with E-state index < -0.39 is 0 Å². The molecule has 0 radical (unpaired) electrons. The number of nitrogens with two attached hydrogens (primary N) is 1. The maximum atomic E-state index is 12.1. The van der Waals surface area contributed by atoms with Crippen molar-refractivity contribution in [2.45, 2.75) is 13.0 Å². The Bertz CT molecular complexity index is 629. The molecular weight excluding hydrogens is 352 g/mol. The van der Waals surface area contributed by atoms with E-state index in [1.165, 1.54) is 5.56 Å². The molecular formula is C16H16BrClN2O. The molecule has 2 aromatic carbocycles. The maximum Gasteiger partial charge on any atom is 0.251 e. The van der Waals surface area contributed by atoms with E-state index >= 15 is 0 Å². The Labute approximate surface area is 137 Å². The summed E-state index contributed by atoms with van der Waals surface area (Å²) >= 11 is 9.22. The largest absolute Gasteiger partial charge is 0.348 e. The van der Waals surface area contributed by atoms with Gasteiger partial charge in [-0.2, -0.15) is 0 Å². The molecule has 0 aliphatic carbocycles. The molecule has 0 fully saturated rings. The van der Waals surface area contributed by atoms with Crippen LogP contribution in [0.1, 0.15) is 21.5 Å². The van der Waals surface area contributed by atoms with Crippen LogP contribution in [0, 0.1) is 0 Å². The van der Waals surface area contributed by atoms with Crippen LogP contribution in [-0.4, -0.2) is 12.5 Å². The second-order valence-electron chi connectivity index (χ2n) is 4.67. The van der Waals surface area contributed by atoms with Crippen molar-refractivity contribution in [3.63, 3.8) is 0 Å². The molecule has 0 bridgehead atoms. The number of nitrogens with one attached hydrogen (secondary N) is 1. The fourth-order valence-corrected chi connectivity index (χ4v) is 2.41. The first kappa shape index (κ1) is 16.0. The van der Waals surface area contributed by atoms with Crippen molar-refractivity contribution in [1.82, 2.24) is 5.32 Å². The molecule has 3 nitrogen and oxygen atoms in total. The van der Waals surface area contributed by atoms with Crippen molar-refractivity contribution in [1.29, 1.82) is 0 Å². The van der Waals surface area contributed by atoms with Gasteiger partial charge in [0.25, 0.3) is 5.91 Å². The minimum Gasteiger partial charge on any atom is -0.348 e. The number of carbonyl (C=O) groups is 1. The highest BCUT2D eigenvalue weighted by molar-refractivity contribution is 9.10. The smallest absolute Gasteiger partial charge is 0.251 e. The molecule has 0 saturated heterocycles. The monoisotopic (exact) mass is 366 g/mol. The third-order valence-corrected chi connectivity index (χ3v) is 4.30. The molecule has 0 saturated carbocycles. The van der Waals surface area contributed by atoms with Crippen LogP contribution in [0.25, 0.3) is 0 Å². The number of hydrogen-bond donors (Lipinski definition) is 2. The Kier molecular flexibility index (Phi) is 5.79. The first-order valence-electron chi connectivity index (χ1n) is 6.61. The van der Waals surface area contributed by atoms with Crippen LogP contribution >= 0.6 is 27.5 Å². The predicted octanol–water partition coefficient (Wildman–Crippen LogP) is 3.53. The summed E-state index contributed by atoms with van der Waals surface area (Å²) in [6.45, 7) is 1.13. The van der Waals surface area contributed by atoms with E-state index in [1.54, 1.807) is 18.2 Å². The van der Waals surface area contributed by atoms with Crippen molar-refractivity contribution in [3.8, 4) is 0 Å². The van der Waals surface area contributed by atoms with E-state index in [9.17, 15) is 4.79 Å². The molecule has 0 atom stereocenters. The van der Waals surface area contributed by atoms with Gasteiger partial charge in [-0.15, -0.1) is 0 Å². The zero-order valence-electron chi connectivity index (χ0n) is 11.4. The van der Waals surface area contributed by atoms with Gasteiger partial charge in [0.2, 0.25) is 0 Å². The molecule has 0 heterocycles. The second-order valence-corrected chi connectivity index (χ2v) is 5.93. The Hall–Kier alpha value is -1.36. The zero-order chi connectivity index (χ0) is 15.2. The van der Waals surface area contributed by atoms with Crippen LogP contribution in [0.5, 0.6) is 0 Å². The van der Waals surface area contributed by atoms with Gasteiger partial charge in [0.15, 0.2) is 0 Å². The maximum absolute atomic E-state index is 12.1. The molecule has 110 valence electrons. The Morgan fingerprint density at radius 1 is 1.14 bits per heavy atom. The van der Waals surface area contributed by atoms with Crippen LogP contribution in [0.4, 0.5) is 0 Å². The van der Waals surface area contributed by atoms with Crippen molar-refractivity contribution >= 4 is 33.4 Å². The predicted molar refractivity (Wildman–Crippen MR) is 89.5 cm³/mol. The Morgan fingerprint density at radius 3 is 2.43 bits per heavy atom. The summed E-state index contributed by atoms with van der Waals surface area (Å²) in [4.78, 5) is 12.1. The third kappa shape index (κ3) is 4.56. The third-order valence-electron chi connectivity index (χ3n) is 3.09. The molecule has 0 spiro atoms.